The van der Waals surface area contributed by atoms with Crippen LogP contribution >= 0.6 is 11.6 Å². The fourth-order valence-electron chi connectivity index (χ4n) is 2.80. The van der Waals surface area contributed by atoms with Gasteiger partial charge in [0.2, 0.25) is 0 Å². The Morgan fingerprint density at radius 2 is 1.38 bits per heavy atom. The molecule has 0 atom stereocenters. The summed E-state index contributed by atoms with van der Waals surface area (Å²) in [5, 5.41) is 5.32. The smallest absolute Gasteiger partial charge is 0.0786 e. The van der Waals surface area contributed by atoms with Crippen molar-refractivity contribution >= 4 is 33.1 Å². The molecule has 21 heavy (non-hydrogen) atoms. The molecule has 1 nitrogen and oxygen atoms in total. The number of benzene rings is 3. The molecule has 0 bridgehead atoms. The topological polar surface area (TPSA) is 12.9 Å². The molecule has 0 spiro atoms. The predicted octanol–water partition coefficient (Wildman–Crippen LogP) is 5.71. The average Bonchev–Trinajstić information content (AvgIpc) is 2.55. The molecule has 0 amide bonds. The number of rotatable bonds is 1. The number of hydrogen-bond donors (Lipinski definition) is 0. The lowest BCUT2D eigenvalue weighted by Gasteiger charge is -2.10. The molecule has 1 heterocycles. The molecule has 100 valence electrons. The minimum atomic E-state index is 0.773. The summed E-state index contributed by atoms with van der Waals surface area (Å²) in [6.45, 7) is 0. The maximum atomic E-state index is 6.31. The Bertz CT molecular complexity index is 954. The van der Waals surface area contributed by atoms with Crippen molar-refractivity contribution in [1.29, 1.82) is 0 Å². The molecular weight excluding hydrogens is 278 g/mol. The van der Waals surface area contributed by atoms with Crippen molar-refractivity contribution in [3.05, 3.63) is 77.9 Å². The molecule has 0 saturated carbocycles. The first-order valence-electron chi connectivity index (χ1n) is 6.86. The van der Waals surface area contributed by atoms with Gasteiger partial charge in [-0.3, -0.25) is 4.98 Å². The maximum absolute atomic E-state index is 6.31. The number of nitrogens with zero attached hydrogens (tertiary/aromatic N) is 1. The Hall–Kier alpha value is -2.38. The van der Waals surface area contributed by atoms with Crippen LogP contribution in [0.15, 0.2) is 72.9 Å². The maximum Gasteiger partial charge on any atom is 0.0786 e. The lowest BCUT2D eigenvalue weighted by Crippen LogP contribution is -1.88. The first-order chi connectivity index (χ1) is 10.3. The molecular formula is C19H12ClN. The largest absolute Gasteiger partial charge is 0.256 e. The standard InChI is InChI=1S/C19H12ClN/c20-18-10-9-17(15-7-3-4-8-16(15)18)19-14-6-2-1-5-13(14)11-12-21-19/h1-12H. The van der Waals surface area contributed by atoms with Gasteiger partial charge in [0, 0.05) is 27.6 Å². The van der Waals surface area contributed by atoms with Crippen LogP contribution in [-0.2, 0) is 0 Å². The number of hydrogen-bond acceptors (Lipinski definition) is 1. The van der Waals surface area contributed by atoms with Crippen molar-refractivity contribution in [3.8, 4) is 11.3 Å². The van der Waals surface area contributed by atoms with E-state index >= 15 is 0 Å². The molecule has 0 aliphatic rings. The fourth-order valence-corrected chi connectivity index (χ4v) is 3.03. The van der Waals surface area contributed by atoms with Crippen LogP contribution in [0, 0.1) is 0 Å². The van der Waals surface area contributed by atoms with Crippen LogP contribution in [0.2, 0.25) is 5.02 Å². The van der Waals surface area contributed by atoms with Crippen molar-refractivity contribution in [2.45, 2.75) is 0 Å². The van der Waals surface area contributed by atoms with Gasteiger partial charge in [-0.1, -0.05) is 66.2 Å². The lowest BCUT2D eigenvalue weighted by atomic mass is 9.98. The summed E-state index contributed by atoms with van der Waals surface area (Å²) in [7, 11) is 0. The van der Waals surface area contributed by atoms with E-state index in [1.165, 1.54) is 5.39 Å². The molecule has 3 aromatic carbocycles. The van der Waals surface area contributed by atoms with Crippen LogP contribution < -0.4 is 0 Å². The van der Waals surface area contributed by atoms with Gasteiger partial charge in [-0.25, -0.2) is 0 Å². The molecule has 2 heteroatoms. The highest BCUT2D eigenvalue weighted by atomic mass is 35.5. The number of pyridine rings is 1. The van der Waals surface area contributed by atoms with E-state index in [1.54, 1.807) is 0 Å². The zero-order valence-corrected chi connectivity index (χ0v) is 12.0. The molecule has 4 rings (SSSR count). The van der Waals surface area contributed by atoms with Crippen molar-refractivity contribution < 1.29 is 0 Å². The fraction of sp³-hybridized carbons (Fsp3) is 0. The molecule has 0 saturated heterocycles. The molecule has 0 fully saturated rings. The Kier molecular flexibility index (Phi) is 2.87. The highest BCUT2D eigenvalue weighted by Crippen LogP contribution is 2.35. The second-order valence-corrected chi connectivity index (χ2v) is 5.43. The van der Waals surface area contributed by atoms with E-state index in [0.29, 0.717) is 0 Å². The van der Waals surface area contributed by atoms with Gasteiger partial charge in [0.05, 0.1) is 5.69 Å². The number of aromatic nitrogens is 1. The molecule has 4 aromatic rings. The minimum absolute atomic E-state index is 0.773. The molecule has 0 radical (unpaired) electrons. The van der Waals surface area contributed by atoms with Gasteiger partial charge in [0.15, 0.2) is 0 Å². The average molecular weight is 290 g/mol. The van der Waals surface area contributed by atoms with E-state index in [9.17, 15) is 0 Å². The summed E-state index contributed by atoms with van der Waals surface area (Å²) in [4.78, 5) is 4.61. The van der Waals surface area contributed by atoms with Crippen molar-refractivity contribution in [2.75, 3.05) is 0 Å². The van der Waals surface area contributed by atoms with Crippen LogP contribution in [0.25, 0.3) is 32.8 Å². The van der Waals surface area contributed by atoms with E-state index in [2.05, 4.69) is 29.2 Å². The van der Waals surface area contributed by atoms with Gasteiger partial charge < -0.3 is 0 Å². The number of fused-ring (bicyclic) bond motifs is 2. The summed E-state index contributed by atoms with van der Waals surface area (Å²) in [5.41, 5.74) is 2.12. The van der Waals surface area contributed by atoms with Gasteiger partial charge in [-0.05, 0) is 22.9 Å². The molecule has 1 aromatic heterocycles. The second-order valence-electron chi connectivity index (χ2n) is 5.02. The van der Waals surface area contributed by atoms with E-state index in [0.717, 1.165) is 32.4 Å². The third-order valence-corrected chi connectivity index (χ3v) is 4.13. The van der Waals surface area contributed by atoms with Crippen LogP contribution in [0.4, 0.5) is 0 Å². The van der Waals surface area contributed by atoms with Crippen LogP contribution in [0.1, 0.15) is 0 Å². The first kappa shape index (κ1) is 12.4. The summed E-state index contributed by atoms with van der Waals surface area (Å²) in [6, 6.07) is 22.5. The normalized spacial score (nSPS) is 11.1. The van der Waals surface area contributed by atoms with E-state index in [4.69, 9.17) is 11.6 Å². The zero-order chi connectivity index (χ0) is 14.2. The lowest BCUT2D eigenvalue weighted by molar-refractivity contribution is 1.36. The monoisotopic (exact) mass is 289 g/mol. The Morgan fingerprint density at radius 1 is 0.667 bits per heavy atom. The van der Waals surface area contributed by atoms with Crippen molar-refractivity contribution in [2.24, 2.45) is 0 Å². The van der Waals surface area contributed by atoms with E-state index in [1.807, 2.05) is 48.7 Å². The second kappa shape index (κ2) is 4.87. The SMILES string of the molecule is Clc1ccc(-c2nccc3ccccc23)c2ccccc12. The zero-order valence-electron chi connectivity index (χ0n) is 11.3. The molecule has 0 N–H and O–H groups in total. The van der Waals surface area contributed by atoms with E-state index in [-0.39, 0.29) is 0 Å². The third-order valence-electron chi connectivity index (χ3n) is 3.80. The summed E-state index contributed by atoms with van der Waals surface area (Å²) in [5.74, 6) is 0. The quantitative estimate of drug-likeness (QED) is 0.437. The van der Waals surface area contributed by atoms with Crippen LogP contribution in [0.3, 0.4) is 0 Å². The van der Waals surface area contributed by atoms with Crippen molar-refractivity contribution in [3.63, 3.8) is 0 Å². The van der Waals surface area contributed by atoms with Gasteiger partial charge in [-0.15, -0.1) is 0 Å². The van der Waals surface area contributed by atoms with Crippen molar-refractivity contribution in [1.82, 2.24) is 4.98 Å². The van der Waals surface area contributed by atoms with Gasteiger partial charge in [-0.2, -0.15) is 0 Å². The Balaban J connectivity index is 2.13. The molecule has 0 aliphatic heterocycles. The molecule has 0 unspecified atom stereocenters. The van der Waals surface area contributed by atoms with Crippen LogP contribution in [0.5, 0.6) is 0 Å². The predicted molar refractivity (Wildman–Crippen MR) is 89.7 cm³/mol. The van der Waals surface area contributed by atoms with Gasteiger partial charge in [0.1, 0.15) is 0 Å². The molecule has 0 aliphatic carbocycles. The summed E-state index contributed by atoms with van der Waals surface area (Å²) >= 11 is 6.31. The van der Waals surface area contributed by atoms with E-state index < -0.39 is 0 Å². The number of halogens is 1. The summed E-state index contributed by atoms with van der Waals surface area (Å²) in [6.07, 6.45) is 1.86. The highest BCUT2D eigenvalue weighted by Gasteiger charge is 2.10. The van der Waals surface area contributed by atoms with Crippen LogP contribution in [-0.4, -0.2) is 4.98 Å². The van der Waals surface area contributed by atoms with Gasteiger partial charge >= 0.3 is 0 Å². The Labute approximate surface area is 127 Å². The minimum Gasteiger partial charge on any atom is -0.256 e. The van der Waals surface area contributed by atoms with Gasteiger partial charge in [0.25, 0.3) is 0 Å². The summed E-state index contributed by atoms with van der Waals surface area (Å²) < 4.78 is 0. The first-order valence-corrected chi connectivity index (χ1v) is 7.24. The highest BCUT2D eigenvalue weighted by molar-refractivity contribution is 6.36. The Morgan fingerprint density at radius 3 is 2.24 bits per heavy atom. The third kappa shape index (κ3) is 1.98.